The van der Waals surface area contributed by atoms with Crippen LogP contribution in [0.15, 0.2) is 24.3 Å². The van der Waals surface area contributed by atoms with Crippen LogP contribution >= 0.6 is 0 Å². The Bertz CT molecular complexity index is 317. The molecule has 0 radical (unpaired) electrons. The summed E-state index contributed by atoms with van der Waals surface area (Å²) < 4.78 is 37.2. The van der Waals surface area contributed by atoms with Crippen LogP contribution in [0.1, 0.15) is 17.5 Å². The predicted octanol–water partition coefficient (Wildman–Crippen LogP) is 2.84. The van der Waals surface area contributed by atoms with Crippen molar-refractivity contribution in [2.75, 3.05) is 0 Å². The van der Waals surface area contributed by atoms with E-state index in [1.165, 1.54) is 18.2 Å². The Balaban J connectivity index is 2.97. The van der Waals surface area contributed by atoms with Crippen molar-refractivity contribution in [3.05, 3.63) is 35.4 Å². The van der Waals surface area contributed by atoms with Gasteiger partial charge in [0.1, 0.15) is 6.29 Å². The highest BCUT2D eigenvalue weighted by Gasteiger charge is 2.32. The molecule has 0 aliphatic carbocycles. The maximum Gasteiger partial charge on any atom is 0.416 e. The zero-order valence-corrected chi connectivity index (χ0v) is 7.34. The van der Waals surface area contributed by atoms with E-state index in [0.29, 0.717) is 6.29 Å². The average Bonchev–Trinajstić information content (AvgIpc) is 2.14. The van der Waals surface area contributed by atoms with Gasteiger partial charge in [0, 0.05) is 6.42 Å². The number of alkyl halides is 3. The molecule has 0 saturated carbocycles. The van der Waals surface area contributed by atoms with Crippen molar-refractivity contribution in [2.24, 2.45) is 0 Å². The molecule has 0 atom stereocenters. The van der Waals surface area contributed by atoms with E-state index >= 15 is 0 Å². The lowest BCUT2D eigenvalue weighted by Crippen LogP contribution is -2.08. The first-order chi connectivity index (χ1) is 6.55. The van der Waals surface area contributed by atoms with Crippen LogP contribution in [-0.2, 0) is 17.4 Å². The topological polar surface area (TPSA) is 17.1 Å². The Labute approximate surface area is 79.5 Å². The summed E-state index contributed by atoms with van der Waals surface area (Å²) in [6.07, 6.45) is -3.46. The molecule has 1 aromatic carbocycles. The van der Waals surface area contributed by atoms with Crippen LogP contribution in [0, 0.1) is 0 Å². The summed E-state index contributed by atoms with van der Waals surface area (Å²) in [6, 6.07) is 5.30. The monoisotopic (exact) mass is 202 g/mol. The first kappa shape index (κ1) is 10.8. The van der Waals surface area contributed by atoms with Crippen molar-refractivity contribution < 1.29 is 18.0 Å². The van der Waals surface area contributed by atoms with Crippen LogP contribution < -0.4 is 0 Å². The van der Waals surface area contributed by atoms with Gasteiger partial charge in [-0.15, -0.1) is 0 Å². The first-order valence-electron chi connectivity index (χ1n) is 4.14. The molecular weight excluding hydrogens is 193 g/mol. The fraction of sp³-hybridized carbons (Fsp3) is 0.300. The molecule has 0 saturated heterocycles. The molecule has 0 spiro atoms. The zero-order valence-electron chi connectivity index (χ0n) is 7.34. The van der Waals surface area contributed by atoms with Gasteiger partial charge in [-0.2, -0.15) is 13.2 Å². The fourth-order valence-electron chi connectivity index (χ4n) is 1.23. The molecule has 0 unspecified atom stereocenters. The van der Waals surface area contributed by atoms with Gasteiger partial charge in [0.2, 0.25) is 0 Å². The zero-order chi connectivity index (χ0) is 10.6. The van der Waals surface area contributed by atoms with E-state index in [1.807, 2.05) is 0 Å². The maximum atomic E-state index is 12.4. The summed E-state index contributed by atoms with van der Waals surface area (Å²) in [5.41, 5.74) is -0.478. The van der Waals surface area contributed by atoms with Crippen LogP contribution in [0.25, 0.3) is 0 Å². The van der Waals surface area contributed by atoms with Gasteiger partial charge in [-0.3, -0.25) is 0 Å². The lowest BCUT2D eigenvalue weighted by molar-refractivity contribution is -0.138. The van der Waals surface area contributed by atoms with E-state index in [4.69, 9.17) is 0 Å². The van der Waals surface area contributed by atoms with E-state index in [9.17, 15) is 18.0 Å². The number of hydrogen-bond donors (Lipinski definition) is 0. The van der Waals surface area contributed by atoms with Gasteiger partial charge in [0.05, 0.1) is 5.56 Å². The summed E-state index contributed by atoms with van der Waals surface area (Å²) in [5.74, 6) is 0. The molecule has 1 aromatic rings. The molecule has 0 bridgehead atoms. The Morgan fingerprint density at radius 1 is 1.21 bits per heavy atom. The largest absolute Gasteiger partial charge is 0.416 e. The maximum absolute atomic E-state index is 12.4. The molecule has 0 aromatic heterocycles. The highest BCUT2D eigenvalue weighted by Crippen LogP contribution is 2.32. The Morgan fingerprint density at radius 2 is 1.86 bits per heavy atom. The van der Waals surface area contributed by atoms with E-state index in [-0.39, 0.29) is 18.4 Å². The summed E-state index contributed by atoms with van der Waals surface area (Å²) in [6.45, 7) is 0. The minimum Gasteiger partial charge on any atom is -0.303 e. The van der Waals surface area contributed by atoms with Crippen LogP contribution in [0.5, 0.6) is 0 Å². The smallest absolute Gasteiger partial charge is 0.303 e. The summed E-state index contributed by atoms with van der Waals surface area (Å²) in [4.78, 5) is 10.1. The molecular formula is C10H9F3O. The lowest BCUT2D eigenvalue weighted by Gasteiger charge is -2.11. The van der Waals surface area contributed by atoms with Crippen molar-refractivity contribution in [1.29, 1.82) is 0 Å². The van der Waals surface area contributed by atoms with Crippen molar-refractivity contribution in [1.82, 2.24) is 0 Å². The molecule has 0 aliphatic rings. The second kappa shape index (κ2) is 4.26. The highest BCUT2D eigenvalue weighted by atomic mass is 19.4. The van der Waals surface area contributed by atoms with Gasteiger partial charge in [-0.1, -0.05) is 18.2 Å². The van der Waals surface area contributed by atoms with Crippen LogP contribution in [0.4, 0.5) is 13.2 Å². The molecule has 0 aliphatic heterocycles. The van der Waals surface area contributed by atoms with Crippen LogP contribution in [0.2, 0.25) is 0 Å². The Kier molecular flexibility index (Phi) is 3.28. The van der Waals surface area contributed by atoms with Gasteiger partial charge in [-0.05, 0) is 18.1 Å². The lowest BCUT2D eigenvalue weighted by atomic mass is 10.0. The predicted molar refractivity (Wildman–Crippen MR) is 45.8 cm³/mol. The van der Waals surface area contributed by atoms with Crippen LogP contribution in [0.3, 0.4) is 0 Å². The molecule has 76 valence electrons. The van der Waals surface area contributed by atoms with E-state index in [1.54, 1.807) is 0 Å². The molecule has 4 heteroatoms. The number of halogens is 3. The van der Waals surface area contributed by atoms with E-state index in [2.05, 4.69) is 0 Å². The molecule has 0 heterocycles. The Morgan fingerprint density at radius 3 is 2.43 bits per heavy atom. The van der Waals surface area contributed by atoms with Gasteiger partial charge in [0.25, 0.3) is 0 Å². The summed E-state index contributed by atoms with van der Waals surface area (Å²) in [7, 11) is 0. The molecule has 0 fully saturated rings. The number of aryl methyl sites for hydroxylation is 1. The third kappa shape index (κ3) is 2.58. The molecule has 14 heavy (non-hydrogen) atoms. The van der Waals surface area contributed by atoms with Crippen molar-refractivity contribution >= 4 is 6.29 Å². The van der Waals surface area contributed by atoms with E-state index in [0.717, 1.165) is 6.07 Å². The molecule has 1 nitrogen and oxygen atoms in total. The molecule has 1 rings (SSSR count). The number of hydrogen-bond acceptors (Lipinski definition) is 1. The summed E-state index contributed by atoms with van der Waals surface area (Å²) in [5, 5.41) is 0. The third-order valence-electron chi connectivity index (χ3n) is 1.85. The minimum absolute atomic E-state index is 0.118. The quantitative estimate of drug-likeness (QED) is 0.689. The number of carbonyl (C=O) groups is 1. The fourth-order valence-corrected chi connectivity index (χ4v) is 1.23. The van der Waals surface area contributed by atoms with Crippen molar-refractivity contribution in [2.45, 2.75) is 19.0 Å². The number of benzene rings is 1. The van der Waals surface area contributed by atoms with Crippen molar-refractivity contribution in [3.8, 4) is 0 Å². The molecule has 0 N–H and O–H groups in total. The van der Waals surface area contributed by atoms with Gasteiger partial charge in [0.15, 0.2) is 0 Å². The SMILES string of the molecule is O=CCCc1ccccc1C(F)(F)F. The minimum atomic E-state index is -4.33. The van der Waals surface area contributed by atoms with E-state index < -0.39 is 11.7 Å². The van der Waals surface area contributed by atoms with Gasteiger partial charge < -0.3 is 4.79 Å². The molecule has 0 amide bonds. The normalized spacial score (nSPS) is 11.4. The Hall–Kier alpha value is -1.32. The first-order valence-corrected chi connectivity index (χ1v) is 4.14. The number of aldehydes is 1. The second-order valence-electron chi connectivity index (χ2n) is 2.86. The van der Waals surface area contributed by atoms with Crippen LogP contribution in [-0.4, -0.2) is 6.29 Å². The second-order valence-corrected chi connectivity index (χ2v) is 2.86. The summed E-state index contributed by atoms with van der Waals surface area (Å²) >= 11 is 0. The van der Waals surface area contributed by atoms with Gasteiger partial charge >= 0.3 is 6.18 Å². The average molecular weight is 202 g/mol. The standard InChI is InChI=1S/C10H9F3O/c11-10(12,13)9-6-2-1-4-8(9)5-3-7-14/h1-2,4,6-7H,3,5H2. The van der Waals surface area contributed by atoms with Gasteiger partial charge in [-0.25, -0.2) is 0 Å². The third-order valence-corrected chi connectivity index (χ3v) is 1.85. The number of rotatable bonds is 3. The number of carbonyl (C=O) groups excluding carboxylic acids is 1. The van der Waals surface area contributed by atoms with Crippen molar-refractivity contribution in [3.63, 3.8) is 0 Å². The highest BCUT2D eigenvalue weighted by molar-refractivity contribution is 5.50.